The number of carbonyl (C=O) groups is 2. The van der Waals surface area contributed by atoms with Crippen molar-refractivity contribution in [2.45, 2.75) is 44.7 Å². The molecular formula is C36H39Br2N3O5S. The number of nitrogens with one attached hydrogen (secondary N) is 1. The highest BCUT2D eigenvalue weighted by Crippen LogP contribution is 2.28. The zero-order valence-electron chi connectivity index (χ0n) is 26.6. The first kappa shape index (κ1) is 36.2. The maximum absolute atomic E-state index is 14.6. The third-order valence-electron chi connectivity index (χ3n) is 7.34. The minimum atomic E-state index is -4.21. The second kappa shape index (κ2) is 16.9. The molecule has 0 heterocycles. The number of rotatable bonds is 15. The van der Waals surface area contributed by atoms with Crippen LogP contribution in [0.2, 0.25) is 0 Å². The molecule has 4 aromatic carbocycles. The van der Waals surface area contributed by atoms with Crippen LogP contribution in [-0.4, -0.2) is 50.9 Å². The molecule has 248 valence electrons. The van der Waals surface area contributed by atoms with E-state index in [2.05, 4.69) is 37.2 Å². The Morgan fingerprint density at radius 1 is 0.809 bits per heavy atom. The minimum Gasteiger partial charge on any atom is -0.494 e. The average molecular weight is 786 g/mol. The van der Waals surface area contributed by atoms with Gasteiger partial charge in [0.25, 0.3) is 10.0 Å². The standard InChI is InChI=1S/C36H39Br2N3O5S/c1-4-46-32-18-16-31(17-19-32)41(47(44,45)33-20-14-30(38)15-21-33)25-35(42)40(24-28-10-12-29(37)13-11-28)34(36(43)39-23-26(2)3)22-27-8-6-5-7-9-27/h5-21,26,34H,4,22-25H2,1-3H3,(H,39,43)/t34-/m0/s1. The van der Waals surface area contributed by atoms with Gasteiger partial charge >= 0.3 is 0 Å². The molecule has 0 bridgehead atoms. The average Bonchev–Trinajstić information content (AvgIpc) is 3.06. The van der Waals surface area contributed by atoms with Gasteiger partial charge in [-0.3, -0.25) is 13.9 Å². The van der Waals surface area contributed by atoms with Crippen LogP contribution < -0.4 is 14.4 Å². The maximum atomic E-state index is 14.6. The van der Waals surface area contributed by atoms with Crippen molar-refractivity contribution in [2.75, 3.05) is 24.0 Å². The monoisotopic (exact) mass is 783 g/mol. The molecule has 4 aromatic rings. The number of benzene rings is 4. The first-order valence-corrected chi connectivity index (χ1v) is 18.4. The predicted octanol–water partition coefficient (Wildman–Crippen LogP) is 7.22. The van der Waals surface area contributed by atoms with Gasteiger partial charge in [0.2, 0.25) is 11.8 Å². The van der Waals surface area contributed by atoms with Crippen molar-refractivity contribution in [1.82, 2.24) is 10.2 Å². The van der Waals surface area contributed by atoms with Crippen molar-refractivity contribution in [1.29, 1.82) is 0 Å². The highest BCUT2D eigenvalue weighted by Gasteiger charge is 2.34. The molecule has 0 aliphatic heterocycles. The van der Waals surface area contributed by atoms with Crippen molar-refractivity contribution in [3.05, 3.63) is 123 Å². The SMILES string of the molecule is CCOc1ccc(N(CC(=O)N(Cc2ccc(Br)cc2)[C@@H](Cc2ccccc2)C(=O)NCC(C)C)S(=O)(=O)c2ccc(Br)cc2)cc1. The summed E-state index contributed by atoms with van der Waals surface area (Å²) >= 11 is 6.83. The number of carbonyl (C=O) groups excluding carboxylic acids is 2. The van der Waals surface area contributed by atoms with Crippen LogP contribution in [0, 0.1) is 5.92 Å². The normalized spacial score (nSPS) is 12.0. The van der Waals surface area contributed by atoms with Gasteiger partial charge in [0, 0.05) is 28.5 Å². The molecule has 1 N–H and O–H groups in total. The van der Waals surface area contributed by atoms with E-state index in [0.717, 1.165) is 24.4 Å². The lowest BCUT2D eigenvalue weighted by Crippen LogP contribution is -2.53. The van der Waals surface area contributed by atoms with Gasteiger partial charge in [-0.2, -0.15) is 0 Å². The van der Waals surface area contributed by atoms with Gasteiger partial charge in [-0.15, -0.1) is 0 Å². The van der Waals surface area contributed by atoms with Gasteiger partial charge in [0.15, 0.2) is 0 Å². The van der Waals surface area contributed by atoms with Crippen LogP contribution in [-0.2, 0) is 32.6 Å². The van der Waals surface area contributed by atoms with Crippen molar-refractivity contribution in [3.63, 3.8) is 0 Å². The number of hydrogen-bond donors (Lipinski definition) is 1. The fourth-order valence-corrected chi connectivity index (χ4v) is 6.84. The molecule has 47 heavy (non-hydrogen) atoms. The quantitative estimate of drug-likeness (QED) is 0.138. The number of halogens is 2. The largest absolute Gasteiger partial charge is 0.494 e. The maximum Gasteiger partial charge on any atom is 0.264 e. The molecule has 0 radical (unpaired) electrons. The van der Waals surface area contributed by atoms with E-state index in [4.69, 9.17) is 4.74 Å². The highest BCUT2D eigenvalue weighted by molar-refractivity contribution is 9.10. The van der Waals surface area contributed by atoms with Crippen molar-refractivity contribution in [2.24, 2.45) is 5.92 Å². The topological polar surface area (TPSA) is 96.0 Å². The van der Waals surface area contributed by atoms with E-state index in [1.54, 1.807) is 36.4 Å². The molecule has 2 amide bonds. The summed E-state index contributed by atoms with van der Waals surface area (Å²) < 4.78 is 36.7. The lowest BCUT2D eigenvalue weighted by atomic mass is 10.0. The number of nitrogens with zero attached hydrogens (tertiary/aromatic N) is 2. The molecular weight excluding hydrogens is 746 g/mol. The molecule has 8 nitrogen and oxygen atoms in total. The molecule has 11 heteroatoms. The number of ether oxygens (including phenoxy) is 1. The van der Waals surface area contributed by atoms with E-state index in [1.165, 1.54) is 17.0 Å². The van der Waals surface area contributed by atoms with Crippen molar-refractivity contribution < 1.29 is 22.7 Å². The van der Waals surface area contributed by atoms with Gasteiger partial charge < -0.3 is 15.0 Å². The minimum absolute atomic E-state index is 0.0253. The van der Waals surface area contributed by atoms with Crippen LogP contribution >= 0.6 is 31.9 Å². The fraction of sp³-hybridized carbons (Fsp3) is 0.278. The lowest BCUT2D eigenvalue weighted by molar-refractivity contribution is -0.140. The van der Waals surface area contributed by atoms with E-state index in [0.29, 0.717) is 18.9 Å². The summed E-state index contributed by atoms with van der Waals surface area (Å²) in [5, 5.41) is 3.01. The molecule has 1 atom stereocenters. The van der Waals surface area contributed by atoms with Crippen LogP contribution in [0.3, 0.4) is 0 Å². The Hall–Kier alpha value is -3.67. The highest BCUT2D eigenvalue weighted by atomic mass is 79.9. The third kappa shape index (κ3) is 10.2. The number of sulfonamides is 1. The fourth-order valence-electron chi connectivity index (χ4n) is 4.90. The smallest absolute Gasteiger partial charge is 0.264 e. The van der Waals surface area contributed by atoms with Crippen LogP contribution in [0.25, 0.3) is 0 Å². The summed E-state index contributed by atoms with van der Waals surface area (Å²) in [6.07, 6.45) is 0.246. The molecule has 4 rings (SSSR count). The second-order valence-electron chi connectivity index (χ2n) is 11.4. The molecule has 0 aliphatic rings. The zero-order chi connectivity index (χ0) is 34.0. The molecule has 0 aliphatic carbocycles. The van der Waals surface area contributed by atoms with Gasteiger partial charge in [-0.05, 0) is 84.6 Å². The molecule has 0 spiro atoms. The van der Waals surface area contributed by atoms with Crippen molar-refractivity contribution >= 4 is 59.4 Å². The van der Waals surface area contributed by atoms with E-state index < -0.39 is 28.5 Å². The zero-order valence-corrected chi connectivity index (χ0v) is 30.6. The van der Waals surface area contributed by atoms with Gasteiger partial charge in [-0.25, -0.2) is 8.42 Å². The van der Waals surface area contributed by atoms with E-state index in [9.17, 15) is 18.0 Å². The van der Waals surface area contributed by atoms with Crippen molar-refractivity contribution in [3.8, 4) is 5.75 Å². The Morgan fingerprint density at radius 3 is 1.98 bits per heavy atom. The summed E-state index contributed by atoms with van der Waals surface area (Å²) in [5.74, 6) is -0.0668. The summed E-state index contributed by atoms with van der Waals surface area (Å²) in [4.78, 5) is 30.0. The molecule has 0 unspecified atom stereocenters. The van der Waals surface area contributed by atoms with Gasteiger partial charge in [0.05, 0.1) is 17.2 Å². The van der Waals surface area contributed by atoms with Crippen LogP contribution in [0.4, 0.5) is 5.69 Å². The van der Waals surface area contributed by atoms with Gasteiger partial charge in [-0.1, -0.05) is 88.2 Å². The number of hydrogen-bond acceptors (Lipinski definition) is 5. The van der Waals surface area contributed by atoms with E-state index in [-0.39, 0.29) is 35.4 Å². The van der Waals surface area contributed by atoms with Crippen LogP contribution in [0.1, 0.15) is 31.9 Å². The Labute approximate surface area is 294 Å². The van der Waals surface area contributed by atoms with Crippen LogP contribution in [0.15, 0.2) is 117 Å². The Balaban J connectivity index is 1.79. The Bertz CT molecular complexity index is 1720. The third-order valence-corrected chi connectivity index (χ3v) is 10.2. The predicted molar refractivity (Wildman–Crippen MR) is 193 cm³/mol. The summed E-state index contributed by atoms with van der Waals surface area (Å²) in [6.45, 7) is 6.30. The first-order valence-electron chi connectivity index (χ1n) is 15.3. The second-order valence-corrected chi connectivity index (χ2v) is 15.1. The van der Waals surface area contributed by atoms with Gasteiger partial charge in [0.1, 0.15) is 18.3 Å². The molecule has 0 saturated heterocycles. The molecule has 0 aromatic heterocycles. The van der Waals surface area contributed by atoms with E-state index >= 15 is 0 Å². The Kier molecular flexibility index (Phi) is 13.0. The first-order chi connectivity index (χ1) is 22.5. The molecule has 0 fully saturated rings. The summed E-state index contributed by atoms with van der Waals surface area (Å²) in [7, 11) is -4.21. The number of amides is 2. The van der Waals surface area contributed by atoms with E-state index in [1.807, 2.05) is 75.4 Å². The number of anilines is 1. The summed E-state index contributed by atoms with van der Waals surface area (Å²) in [5.41, 5.74) is 1.95. The lowest BCUT2D eigenvalue weighted by Gasteiger charge is -2.34. The molecule has 0 saturated carbocycles. The summed E-state index contributed by atoms with van der Waals surface area (Å²) in [6, 6.07) is 28.9. The Morgan fingerprint density at radius 2 is 1.40 bits per heavy atom. The van der Waals surface area contributed by atoms with Crippen LogP contribution in [0.5, 0.6) is 5.75 Å².